The second-order valence-electron chi connectivity index (χ2n) is 2.28. The van der Waals surface area contributed by atoms with E-state index in [-0.39, 0.29) is 12.4 Å². The summed E-state index contributed by atoms with van der Waals surface area (Å²) in [4.78, 5) is 0. The van der Waals surface area contributed by atoms with Gasteiger partial charge in [-0.05, 0) is 34.7 Å². The summed E-state index contributed by atoms with van der Waals surface area (Å²) >= 11 is 2.01. The van der Waals surface area contributed by atoms with Gasteiger partial charge in [-0.1, -0.05) is 0 Å². The van der Waals surface area contributed by atoms with Crippen molar-refractivity contribution in [2.45, 2.75) is 6.54 Å². The largest absolute Gasteiger partial charge is 0.495 e. The van der Waals surface area contributed by atoms with Crippen LogP contribution < -0.4 is 10.5 Å². The van der Waals surface area contributed by atoms with E-state index in [0.29, 0.717) is 11.3 Å². The molecule has 0 atom stereocenters. The molecular weight excluding hydrogens is 272 g/mol. The van der Waals surface area contributed by atoms with Crippen molar-refractivity contribution >= 4 is 22.6 Å². The number of hydrogen-bond acceptors (Lipinski definition) is 2. The lowest BCUT2D eigenvalue weighted by atomic mass is 10.2. The third-order valence-corrected chi connectivity index (χ3v) is 2.31. The first-order valence-corrected chi connectivity index (χ1v) is 4.49. The average Bonchev–Trinajstić information content (AvgIpc) is 2.03. The van der Waals surface area contributed by atoms with Crippen molar-refractivity contribution < 1.29 is 9.13 Å². The van der Waals surface area contributed by atoms with Crippen LogP contribution in [0.1, 0.15) is 5.56 Å². The highest BCUT2D eigenvalue weighted by atomic mass is 127. The molecule has 2 nitrogen and oxygen atoms in total. The maximum atomic E-state index is 12.8. The fraction of sp³-hybridized carbons (Fsp3) is 0.250. The molecule has 0 bridgehead atoms. The Morgan fingerprint density at radius 2 is 2.25 bits per heavy atom. The molecular formula is C8H9FINO. The van der Waals surface area contributed by atoms with Crippen LogP contribution in [0.5, 0.6) is 5.75 Å². The third kappa shape index (κ3) is 1.87. The van der Waals surface area contributed by atoms with Crippen molar-refractivity contribution in [3.63, 3.8) is 0 Å². The molecule has 0 heterocycles. The molecule has 0 saturated carbocycles. The highest BCUT2D eigenvalue weighted by Crippen LogP contribution is 2.26. The Bertz CT molecular complexity index is 291. The fourth-order valence-corrected chi connectivity index (χ4v) is 1.86. The highest BCUT2D eigenvalue weighted by Gasteiger charge is 2.07. The molecule has 4 heteroatoms. The Morgan fingerprint density at radius 1 is 1.58 bits per heavy atom. The average molecular weight is 281 g/mol. The molecule has 0 aliphatic rings. The first-order valence-electron chi connectivity index (χ1n) is 3.41. The van der Waals surface area contributed by atoms with Crippen molar-refractivity contribution in [1.29, 1.82) is 0 Å². The minimum Gasteiger partial charge on any atom is -0.495 e. The smallest absolute Gasteiger partial charge is 0.136 e. The minimum atomic E-state index is -0.277. The van der Waals surface area contributed by atoms with Crippen LogP contribution in [0.15, 0.2) is 12.1 Å². The zero-order valence-corrected chi connectivity index (χ0v) is 8.76. The molecule has 2 N–H and O–H groups in total. The van der Waals surface area contributed by atoms with E-state index in [1.165, 1.54) is 12.1 Å². The fourth-order valence-electron chi connectivity index (χ4n) is 0.994. The SMILES string of the molecule is COc1c(I)cc(F)cc1CN. The van der Waals surface area contributed by atoms with Gasteiger partial charge >= 0.3 is 0 Å². The molecule has 0 aromatic heterocycles. The molecule has 1 aromatic carbocycles. The summed E-state index contributed by atoms with van der Waals surface area (Å²) in [6.07, 6.45) is 0. The number of rotatable bonds is 2. The van der Waals surface area contributed by atoms with Crippen molar-refractivity contribution in [3.8, 4) is 5.75 Å². The lowest BCUT2D eigenvalue weighted by molar-refractivity contribution is 0.405. The molecule has 0 aliphatic heterocycles. The maximum Gasteiger partial charge on any atom is 0.136 e. The summed E-state index contributed by atoms with van der Waals surface area (Å²) in [5.74, 6) is 0.389. The van der Waals surface area contributed by atoms with E-state index in [0.717, 1.165) is 3.57 Å². The molecule has 0 radical (unpaired) electrons. The molecule has 0 fully saturated rings. The van der Waals surface area contributed by atoms with E-state index in [2.05, 4.69) is 0 Å². The summed E-state index contributed by atoms with van der Waals surface area (Å²) in [5.41, 5.74) is 6.11. The molecule has 0 amide bonds. The van der Waals surface area contributed by atoms with Crippen molar-refractivity contribution in [3.05, 3.63) is 27.1 Å². The summed E-state index contributed by atoms with van der Waals surface area (Å²) in [5, 5.41) is 0. The molecule has 66 valence electrons. The predicted octanol–water partition coefficient (Wildman–Crippen LogP) is 1.90. The molecule has 1 aromatic rings. The van der Waals surface area contributed by atoms with Gasteiger partial charge in [-0.3, -0.25) is 0 Å². The van der Waals surface area contributed by atoms with Crippen LogP contribution in [0.4, 0.5) is 4.39 Å². The van der Waals surface area contributed by atoms with Crippen molar-refractivity contribution in [1.82, 2.24) is 0 Å². The van der Waals surface area contributed by atoms with Crippen LogP contribution in [-0.4, -0.2) is 7.11 Å². The Labute approximate surface area is 84.0 Å². The second kappa shape index (κ2) is 4.04. The molecule has 0 spiro atoms. The van der Waals surface area contributed by atoms with E-state index in [1.807, 2.05) is 22.6 Å². The van der Waals surface area contributed by atoms with Gasteiger partial charge < -0.3 is 10.5 Å². The van der Waals surface area contributed by atoms with Gasteiger partial charge in [0.1, 0.15) is 11.6 Å². The Hall–Kier alpha value is -0.360. The molecule has 1 rings (SSSR count). The lowest BCUT2D eigenvalue weighted by Gasteiger charge is -2.08. The van der Waals surface area contributed by atoms with Gasteiger partial charge in [0.2, 0.25) is 0 Å². The van der Waals surface area contributed by atoms with Crippen LogP contribution in [0.3, 0.4) is 0 Å². The Balaban J connectivity index is 3.24. The summed E-state index contributed by atoms with van der Waals surface area (Å²) in [6, 6.07) is 2.81. The Kier molecular flexibility index (Phi) is 3.28. The second-order valence-corrected chi connectivity index (χ2v) is 3.45. The van der Waals surface area contributed by atoms with Crippen LogP contribution >= 0.6 is 22.6 Å². The first kappa shape index (κ1) is 9.73. The molecule has 0 saturated heterocycles. The Morgan fingerprint density at radius 3 is 2.75 bits per heavy atom. The highest BCUT2D eigenvalue weighted by molar-refractivity contribution is 14.1. The number of hydrogen-bond donors (Lipinski definition) is 1. The van der Waals surface area contributed by atoms with E-state index in [1.54, 1.807) is 7.11 Å². The van der Waals surface area contributed by atoms with E-state index < -0.39 is 0 Å². The molecule has 0 aliphatic carbocycles. The van der Waals surface area contributed by atoms with Crippen LogP contribution in [0.25, 0.3) is 0 Å². The maximum absolute atomic E-state index is 12.8. The first-order chi connectivity index (χ1) is 5.69. The normalized spacial score (nSPS) is 10.0. The van der Waals surface area contributed by atoms with Crippen LogP contribution in [0, 0.1) is 9.39 Å². The van der Waals surface area contributed by atoms with Crippen molar-refractivity contribution in [2.24, 2.45) is 5.73 Å². The monoisotopic (exact) mass is 281 g/mol. The van der Waals surface area contributed by atoms with Gasteiger partial charge in [-0.25, -0.2) is 4.39 Å². The van der Waals surface area contributed by atoms with Gasteiger partial charge in [-0.2, -0.15) is 0 Å². The zero-order chi connectivity index (χ0) is 9.14. The van der Waals surface area contributed by atoms with Gasteiger partial charge in [0.05, 0.1) is 10.7 Å². The van der Waals surface area contributed by atoms with Crippen molar-refractivity contribution in [2.75, 3.05) is 7.11 Å². The standard InChI is InChI=1S/C8H9FINO/c1-12-8-5(4-11)2-6(9)3-7(8)10/h2-3H,4,11H2,1H3. The lowest BCUT2D eigenvalue weighted by Crippen LogP contribution is -2.02. The summed E-state index contributed by atoms with van der Waals surface area (Å²) in [6.45, 7) is 0.289. The van der Waals surface area contributed by atoms with E-state index in [4.69, 9.17) is 10.5 Å². The summed E-state index contributed by atoms with van der Waals surface area (Å²) in [7, 11) is 1.55. The molecule has 12 heavy (non-hydrogen) atoms. The van der Waals surface area contributed by atoms with Gasteiger partial charge in [-0.15, -0.1) is 0 Å². The van der Waals surface area contributed by atoms with Crippen LogP contribution in [-0.2, 0) is 6.54 Å². The summed E-state index contributed by atoms with van der Waals surface area (Å²) < 4.78 is 18.6. The number of ether oxygens (including phenoxy) is 1. The predicted molar refractivity (Wildman–Crippen MR) is 53.6 cm³/mol. The van der Waals surface area contributed by atoms with Crippen LogP contribution in [0.2, 0.25) is 0 Å². The topological polar surface area (TPSA) is 35.2 Å². The quantitative estimate of drug-likeness (QED) is 0.840. The van der Waals surface area contributed by atoms with Gasteiger partial charge in [0.15, 0.2) is 0 Å². The number of methoxy groups -OCH3 is 1. The van der Waals surface area contributed by atoms with Gasteiger partial charge in [0, 0.05) is 12.1 Å². The third-order valence-electron chi connectivity index (χ3n) is 1.51. The number of benzene rings is 1. The number of halogens is 2. The molecule has 0 unspecified atom stereocenters. The zero-order valence-electron chi connectivity index (χ0n) is 6.60. The van der Waals surface area contributed by atoms with E-state index in [9.17, 15) is 4.39 Å². The van der Waals surface area contributed by atoms with Gasteiger partial charge in [0.25, 0.3) is 0 Å². The minimum absolute atomic E-state index is 0.277. The van der Waals surface area contributed by atoms with E-state index >= 15 is 0 Å². The number of nitrogens with two attached hydrogens (primary N) is 1.